The number of para-hydroxylation sites is 1. The monoisotopic (exact) mass is 314 g/mol. The van der Waals surface area contributed by atoms with E-state index in [1.165, 1.54) is 11.3 Å². The number of ketones is 1. The predicted molar refractivity (Wildman–Crippen MR) is 92.8 cm³/mol. The summed E-state index contributed by atoms with van der Waals surface area (Å²) in [4.78, 5) is 17.0. The van der Waals surface area contributed by atoms with Crippen molar-refractivity contribution >= 4 is 11.5 Å². The molecule has 0 aromatic heterocycles. The Morgan fingerprint density at radius 2 is 2.13 bits per heavy atom. The van der Waals surface area contributed by atoms with Crippen LogP contribution in [0.15, 0.2) is 36.0 Å². The van der Waals surface area contributed by atoms with Crippen LogP contribution in [0.25, 0.3) is 0 Å². The van der Waals surface area contributed by atoms with Gasteiger partial charge in [0.1, 0.15) is 0 Å². The van der Waals surface area contributed by atoms with Crippen LogP contribution in [0.2, 0.25) is 0 Å². The molecule has 2 heterocycles. The van der Waals surface area contributed by atoms with Crippen molar-refractivity contribution in [1.82, 2.24) is 4.90 Å². The van der Waals surface area contributed by atoms with E-state index in [9.17, 15) is 4.79 Å². The van der Waals surface area contributed by atoms with Gasteiger partial charge in [-0.3, -0.25) is 9.69 Å². The fourth-order valence-electron chi connectivity index (χ4n) is 3.65. The van der Waals surface area contributed by atoms with Crippen LogP contribution < -0.4 is 4.90 Å². The summed E-state index contributed by atoms with van der Waals surface area (Å²) < 4.78 is 5.44. The molecular weight excluding hydrogens is 288 g/mol. The van der Waals surface area contributed by atoms with Crippen LogP contribution >= 0.6 is 0 Å². The van der Waals surface area contributed by atoms with Crippen LogP contribution in [0.3, 0.4) is 0 Å². The molecule has 0 aliphatic carbocycles. The molecule has 2 aliphatic rings. The van der Waals surface area contributed by atoms with E-state index in [1.807, 2.05) is 19.2 Å². The fourth-order valence-corrected chi connectivity index (χ4v) is 3.65. The number of nitrogens with zero attached hydrogens (tertiary/aromatic N) is 2. The van der Waals surface area contributed by atoms with Gasteiger partial charge in [-0.25, -0.2) is 0 Å². The van der Waals surface area contributed by atoms with Gasteiger partial charge in [0.2, 0.25) is 0 Å². The number of carbonyl (C=O) groups excluding carboxylic acids is 1. The Labute approximate surface area is 138 Å². The quantitative estimate of drug-likeness (QED) is 0.803. The smallest absolute Gasteiger partial charge is 0.171 e. The molecule has 1 saturated heterocycles. The summed E-state index contributed by atoms with van der Waals surface area (Å²) in [5, 5.41) is 0. The Bertz CT molecular complexity index is 636. The molecule has 0 spiro atoms. The Kier molecular flexibility index (Phi) is 4.30. The summed E-state index contributed by atoms with van der Waals surface area (Å²) in [6.45, 7) is 9.20. The zero-order valence-corrected chi connectivity index (χ0v) is 14.5. The van der Waals surface area contributed by atoms with Crippen molar-refractivity contribution in [2.45, 2.75) is 32.2 Å². The summed E-state index contributed by atoms with van der Waals surface area (Å²) in [6.07, 6.45) is 1.84. The molecule has 2 aliphatic heterocycles. The van der Waals surface area contributed by atoms with Crippen molar-refractivity contribution in [3.63, 3.8) is 0 Å². The lowest BCUT2D eigenvalue weighted by atomic mass is 9.83. The fraction of sp³-hybridized carbons (Fsp3) is 0.526. The number of likely N-dealkylation sites (N-methyl/N-ethyl adjacent to an activating group) is 1. The van der Waals surface area contributed by atoms with E-state index in [2.05, 4.69) is 48.8 Å². The molecule has 4 heteroatoms. The van der Waals surface area contributed by atoms with E-state index >= 15 is 0 Å². The van der Waals surface area contributed by atoms with Crippen LogP contribution in [-0.4, -0.2) is 50.1 Å². The van der Waals surface area contributed by atoms with E-state index in [0.29, 0.717) is 25.8 Å². The molecule has 124 valence electrons. The highest BCUT2D eigenvalue weighted by molar-refractivity contribution is 5.94. The van der Waals surface area contributed by atoms with Crippen molar-refractivity contribution in [3.8, 4) is 0 Å². The minimum absolute atomic E-state index is 0.141. The van der Waals surface area contributed by atoms with Gasteiger partial charge in [0.25, 0.3) is 0 Å². The van der Waals surface area contributed by atoms with Crippen LogP contribution in [0, 0.1) is 0 Å². The molecule has 1 aromatic rings. The number of hydrogen-bond acceptors (Lipinski definition) is 4. The number of benzene rings is 1. The van der Waals surface area contributed by atoms with E-state index < -0.39 is 0 Å². The third kappa shape index (κ3) is 2.93. The lowest BCUT2D eigenvalue weighted by Crippen LogP contribution is -2.45. The maximum atomic E-state index is 12.6. The second-order valence-electron chi connectivity index (χ2n) is 7.09. The predicted octanol–water partition coefficient (Wildman–Crippen LogP) is 2.59. The summed E-state index contributed by atoms with van der Waals surface area (Å²) in [7, 11) is 2.05. The van der Waals surface area contributed by atoms with E-state index in [1.54, 1.807) is 0 Å². The summed E-state index contributed by atoms with van der Waals surface area (Å²) in [6, 6.07) is 8.69. The molecule has 0 radical (unpaired) electrons. The van der Waals surface area contributed by atoms with Crippen molar-refractivity contribution < 1.29 is 9.53 Å². The zero-order valence-electron chi connectivity index (χ0n) is 14.5. The van der Waals surface area contributed by atoms with E-state index in [-0.39, 0.29) is 11.2 Å². The number of fused-ring (bicyclic) bond motifs is 1. The van der Waals surface area contributed by atoms with Gasteiger partial charge in [-0.1, -0.05) is 32.0 Å². The first kappa shape index (κ1) is 16.2. The zero-order chi connectivity index (χ0) is 16.6. The standard InChI is InChI=1S/C19H26N2O2/c1-14-13-23-10-9-21(14)12-15(22)11-18-19(2,3)16-7-5-6-8-17(16)20(18)4/h5-8,11,14H,9-10,12-13H2,1-4H3/b18-11-/t14-/m1/s1. The Hall–Kier alpha value is -1.65. The van der Waals surface area contributed by atoms with Crippen molar-refractivity contribution in [1.29, 1.82) is 0 Å². The largest absolute Gasteiger partial charge is 0.379 e. The average Bonchev–Trinajstić information content (AvgIpc) is 2.71. The number of anilines is 1. The van der Waals surface area contributed by atoms with Gasteiger partial charge in [-0.2, -0.15) is 0 Å². The summed E-state index contributed by atoms with van der Waals surface area (Å²) >= 11 is 0. The molecule has 0 bridgehead atoms. The van der Waals surface area contributed by atoms with Gasteiger partial charge in [-0.15, -0.1) is 0 Å². The van der Waals surface area contributed by atoms with Crippen LogP contribution in [0.5, 0.6) is 0 Å². The molecule has 0 amide bonds. The molecule has 3 rings (SSSR count). The molecule has 0 N–H and O–H groups in total. The molecule has 1 aromatic carbocycles. The van der Waals surface area contributed by atoms with E-state index in [4.69, 9.17) is 4.74 Å². The van der Waals surface area contributed by atoms with Crippen LogP contribution in [0.4, 0.5) is 5.69 Å². The first-order valence-corrected chi connectivity index (χ1v) is 8.31. The maximum Gasteiger partial charge on any atom is 0.171 e. The Morgan fingerprint density at radius 1 is 1.39 bits per heavy atom. The molecule has 1 fully saturated rings. The van der Waals surface area contributed by atoms with Gasteiger partial charge in [0, 0.05) is 42.5 Å². The van der Waals surface area contributed by atoms with Gasteiger partial charge in [0.05, 0.1) is 19.8 Å². The van der Waals surface area contributed by atoms with Crippen molar-refractivity contribution in [2.24, 2.45) is 0 Å². The number of allylic oxidation sites excluding steroid dienone is 1. The number of carbonyl (C=O) groups is 1. The minimum Gasteiger partial charge on any atom is -0.379 e. The second kappa shape index (κ2) is 6.10. The highest BCUT2D eigenvalue weighted by Gasteiger charge is 2.38. The average molecular weight is 314 g/mol. The highest BCUT2D eigenvalue weighted by Crippen LogP contribution is 2.46. The first-order valence-electron chi connectivity index (χ1n) is 8.31. The Balaban J connectivity index is 1.81. The first-order chi connectivity index (χ1) is 10.9. The lowest BCUT2D eigenvalue weighted by molar-refractivity contribution is -0.117. The lowest BCUT2D eigenvalue weighted by Gasteiger charge is -2.32. The number of rotatable bonds is 3. The SMILES string of the molecule is C[C@@H]1COCCN1CC(=O)/C=C1\N(C)c2ccccc2C1(C)C. The number of morpholine rings is 1. The molecule has 23 heavy (non-hydrogen) atoms. The minimum atomic E-state index is -0.141. The third-order valence-electron chi connectivity index (χ3n) is 5.10. The molecule has 0 unspecified atom stereocenters. The van der Waals surface area contributed by atoms with Crippen molar-refractivity contribution in [2.75, 3.05) is 38.3 Å². The molecular formula is C19H26N2O2. The molecule has 4 nitrogen and oxygen atoms in total. The maximum absolute atomic E-state index is 12.6. The van der Waals surface area contributed by atoms with Crippen LogP contribution in [0.1, 0.15) is 26.3 Å². The summed E-state index contributed by atoms with van der Waals surface area (Å²) in [5.41, 5.74) is 3.40. The molecule has 0 saturated carbocycles. The number of ether oxygens (including phenoxy) is 1. The molecule has 1 atom stereocenters. The third-order valence-corrected chi connectivity index (χ3v) is 5.10. The van der Waals surface area contributed by atoms with E-state index in [0.717, 1.165) is 12.2 Å². The van der Waals surface area contributed by atoms with Crippen LogP contribution in [-0.2, 0) is 14.9 Å². The Morgan fingerprint density at radius 3 is 2.83 bits per heavy atom. The van der Waals surface area contributed by atoms with Gasteiger partial charge < -0.3 is 9.64 Å². The number of hydrogen-bond donors (Lipinski definition) is 0. The topological polar surface area (TPSA) is 32.8 Å². The van der Waals surface area contributed by atoms with Gasteiger partial charge in [-0.05, 0) is 18.6 Å². The normalized spacial score (nSPS) is 25.7. The second-order valence-corrected chi connectivity index (χ2v) is 7.09. The van der Waals surface area contributed by atoms with Gasteiger partial charge in [0.15, 0.2) is 5.78 Å². The van der Waals surface area contributed by atoms with Crippen molar-refractivity contribution in [3.05, 3.63) is 41.6 Å². The van der Waals surface area contributed by atoms with Gasteiger partial charge >= 0.3 is 0 Å². The summed E-state index contributed by atoms with van der Waals surface area (Å²) in [5.74, 6) is 0.168. The highest BCUT2D eigenvalue weighted by atomic mass is 16.5.